The first-order chi connectivity index (χ1) is 9.20. The van der Waals surface area contributed by atoms with Gasteiger partial charge in [-0.05, 0) is 24.3 Å². The first-order valence-electron chi connectivity index (χ1n) is 5.74. The summed E-state index contributed by atoms with van der Waals surface area (Å²) in [5, 5.41) is 0.480. The smallest absolute Gasteiger partial charge is 0.250 e. The Morgan fingerprint density at radius 3 is 2.84 bits per heavy atom. The first kappa shape index (κ1) is 13.4. The average molecular weight is 278 g/mol. The highest BCUT2D eigenvalue weighted by atomic mass is 35.5. The Balaban J connectivity index is 2.02. The van der Waals surface area contributed by atoms with Gasteiger partial charge in [0.2, 0.25) is 0 Å². The Bertz CT molecular complexity index is 637. The van der Waals surface area contributed by atoms with Crippen LogP contribution in [0.5, 0.6) is 5.75 Å². The summed E-state index contributed by atoms with van der Waals surface area (Å²) in [5.74, 6) is 0.461. The summed E-state index contributed by atoms with van der Waals surface area (Å²) in [6.07, 6.45) is 2.38. The van der Waals surface area contributed by atoms with Crippen LogP contribution in [-0.4, -0.2) is 17.5 Å². The molecule has 0 aliphatic rings. The molecule has 0 unspecified atom stereocenters. The minimum atomic E-state index is -0.0854. The molecule has 5 heteroatoms. The molecule has 2 rings (SSSR count). The number of aromatic nitrogens is 1. The van der Waals surface area contributed by atoms with Crippen LogP contribution in [0, 0.1) is 0 Å². The van der Waals surface area contributed by atoms with E-state index in [0.717, 1.165) is 0 Å². The van der Waals surface area contributed by atoms with Crippen molar-refractivity contribution in [1.29, 1.82) is 0 Å². The lowest BCUT2D eigenvalue weighted by atomic mass is 10.2. The number of rotatable bonds is 5. The number of carbonyl (C=O) groups excluding carboxylic acids is 1. The molecular formula is C14H12ClNO3. The van der Waals surface area contributed by atoms with E-state index in [1.165, 1.54) is 10.6 Å². The zero-order valence-electron chi connectivity index (χ0n) is 10.1. The first-order valence-corrected chi connectivity index (χ1v) is 6.11. The number of pyridine rings is 1. The van der Waals surface area contributed by atoms with Crippen molar-refractivity contribution in [2.24, 2.45) is 0 Å². The second kappa shape index (κ2) is 6.20. The number of hydrogen-bond donors (Lipinski definition) is 0. The van der Waals surface area contributed by atoms with Gasteiger partial charge in [0.15, 0.2) is 6.29 Å². The fourth-order valence-electron chi connectivity index (χ4n) is 1.64. The standard InChI is InChI=1S/C14H12ClNO3/c15-12-4-5-13(11(9-12)10-17)19-8-7-16-6-2-1-3-14(16)18/h1-6,9-10H,7-8H2. The molecular weight excluding hydrogens is 266 g/mol. The molecule has 0 saturated heterocycles. The van der Waals surface area contributed by atoms with Crippen LogP contribution in [0.3, 0.4) is 0 Å². The van der Waals surface area contributed by atoms with Crippen LogP contribution in [0.1, 0.15) is 10.4 Å². The van der Waals surface area contributed by atoms with Crippen LogP contribution in [0.15, 0.2) is 47.4 Å². The second-order valence-electron chi connectivity index (χ2n) is 3.88. The summed E-state index contributed by atoms with van der Waals surface area (Å²) < 4.78 is 7.03. The molecule has 1 aromatic heterocycles. The predicted molar refractivity (Wildman–Crippen MR) is 73.0 cm³/mol. The van der Waals surface area contributed by atoms with Gasteiger partial charge in [-0.2, -0.15) is 0 Å². The zero-order chi connectivity index (χ0) is 13.7. The fourth-order valence-corrected chi connectivity index (χ4v) is 1.82. The SMILES string of the molecule is O=Cc1cc(Cl)ccc1OCCn1ccccc1=O. The summed E-state index contributed by atoms with van der Waals surface area (Å²) in [7, 11) is 0. The molecule has 1 aromatic carbocycles. The van der Waals surface area contributed by atoms with Crippen molar-refractivity contribution in [2.75, 3.05) is 6.61 Å². The summed E-state index contributed by atoms with van der Waals surface area (Å²) in [5.41, 5.74) is 0.311. The molecule has 0 aliphatic heterocycles. The molecule has 98 valence electrons. The highest BCUT2D eigenvalue weighted by Gasteiger charge is 2.04. The summed E-state index contributed by atoms with van der Waals surface area (Å²) in [6.45, 7) is 0.715. The van der Waals surface area contributed by atoms with Crippen molar-refractivity contribution in [3.63, 3.8) is 0 Å². The maximum Gasteiger partial charge on any atom is 0.250 e. The lowest BCUT2D eigenvalue weighted by Crippen LogP contribution is -2.21. The van der Waals surface area contributed by atoms with Gasteiger partial charge in [0.05, 0.1) is 12.1 Å². The van der Waals surface area contributed by atoms with Gasteiger partial charge in [-0.3, -0.25) is 9.59 Å². The van der Waals surface area contributed by atoms with Gasteiger partial charge < -0.3 is 9.30 Å². The lowest BCUT2D eigenvalue weighted by molar-refractivity contribution is 0.111. The van der Waals surface area contributed by atoms with E-state index in [1.54, 1.807) is 36.5 Å². The summed E-state index contributed by atoms with van der Waals surface area (Å²) >= 11 is 5.79. The van der Waals surface area contributed by atoms with Gasteiger partial charge in [0.25, 0.3) is 5.56 Å². The van der Waals surface area contributed by atoms with E-state index >= 15 is 0 Å². The van der Waals surface area contributed by atoms with Crippen molar-refractivity contribution in [3.05, 3.63) is 63.5 Å². The number of aldehydes is 1. The minimum Gasteiger partial charge on any atom is -0.491 e. The highest BCUT2D eigenvalue weighted by Crippen LogP contribution is 2.21. The molecule has 0 N–H and O–H groups in total. The third-order valence-electron chi connectivity index (χ3n) is 2.59. The normalized spacial score (nSPS) is 10.2. The van der Waals surface area contributed by atoms with E-state index in [1.807, 2.05) is 0 Å². The average Bonchev–Trinajstić information content (AvgIpc) is 2.42. The maximum atomic E-state index is 11.5. The van der Waals surface area contributed by atoms with Gasteiger partial charge >= 0.3 is 0 Å². The monoisotopic (exact) mass is 277 g/mol. The Morgan fingerprint density at radius 1 is 1.26 bits per heavy atom. The molecule has 0 fully saturated rings. The topological polar surface area (TPSA) is 48.3 Å². The second-order valence-corrected chi connectivity index (χ2v) is 4.32. The molecule has 4 nitrogen and oxygen atoms in total. The van der Waals surface area contributed by atoms with Crippen molar-refractivity contribution >= 4 is 17.9 Å². The van der Waals surface area contributed by atoms with E-state index in [2.05, 4.69) is 0 Å². The molecule has 19 heavy (non-hydrogen) atoms. The van der Waals surface area contributed by atoms with E-state index in [4.69, 9.17) is 16.3 Å². The van der Waals surface area contributed by atoms with Crippen molar-refractivity contribution in [2.45, 2.75) is 6.54 Å². The Labute approximate surface area is 115 Å². The van der Waals surface area contributed by atoms with Gasteiger partial charge in [0.1, 0.15) is 12.4 Å². The molecule has 0 atom stereocenters. The van der Waals surface area contributed by atoms with E-state index in [9.17, 15) is 9.59 Å². The number of halogens is 1. The molecule has 0 bridgehead atoms. The van der Waals surface area contributed by atoms with Crippen LogP contribution < -0.4 is 10.3 Å². The molecule has 0 spiro atoms. The fraction of sp³-hybridized carbons (Fsp3) is 0.143. The number of carbonyl (C=O) groups is 1. The minimum absolute atomic E-state index is 0.0854. The van der Waals surface area contributed by atoms with Crippen LogP contribution >= 0.6 is 11.6 Å². The molecule has 0 saturated carbocycles. The zero-order valence-corrected chi connectivity index (χ0v) is 10.8. The van der Waals surface area contributed by atoms with Crippen molar-refractivity contribution in [3.8, 4) is 5.75 Å². The van der Waals surface area contributed by atoms with Gasteiger partial charge in [-0.1, -0.05) is 17.7 Å². The third-order valence-corrected chi connectivity index (χ3v) is 2.82. The molecule has 1 heterocycles. The predicted octanol–water partition coefficient (Wildman–Crippen LogP) is 2.39. The summed E-state index contributed by atoms with van der Waals surface area (Å²) in [4.78, 5) is 22.3. The number of ether oxygens (including phenoxy) is 1. The summed E-state index contributed by atoms with van der Waals surface area (Å²) in [6, 6.07) is 9.78. The number of benzene rings is 1. The number of nitrogens with zero attached hydrogens (tertiary/aromatic N) is 1. The molecule has 0 aliphatic carbocycles. The van der Waals surface area contributed by atoms with E-state index < -0.39 is 0 Å². The van der Waals surface area contributed by atoms with Crippen LogP contribution in [0.25, 0.3) is 0 Å². The Hall–Kier alpha value is -2.07. The van der Waals surface area contributed by atoms with Gasteiger partial charge in [0, 0.05) is 17.3 Å². The Kier molecular flexibility index (Phi) is 4.36. The maximum absolute atomic E-state index is 11.5. The lowest BCUT2D eigenvalue weighted by Gasteiger charge is -2.09. The van der Waals surface area contributed by atoms with Crippen LogP contribution in [0.4, 0.5) is 0 Å². The Morgan fingerprint density at radius 2 is 2.11 bits per heavy atom. The van der Waals surface area contributed by atoms with Gasteiger partial charge in [-0.15, -0.1) is 0 Å². The van der Waals surface area contributed by atoms with Gasteiger partial charge in [-0.25, -0.2) is 0 Å². The molecule has 0 radical (unpaired) electrons. The van der Waals surface area contributed by atoms with Crippen molar-refractivity contribution in [1.82, 2.24) is 4.57 Å². The van der Waals surface area contributed by atoms with E-state index in [-0.39, 0.29) is 5.56 Å². The quantitative estimate of drug-likeness (QED) is 0.789. The largest absolute Gasteiger partial charge is 0.491 e. The van der Waals surface area contributed by atoms with Crippen molar-refractivity contribution < 1.29 is 9.53 Å². The molecule has 0 amide bonds. The number of hydrogen-bond acceptors (Lipinski definition) is 3. The molecule has 2 aromatic rings. The van der Waals surface area contributed by atoms with Crippen LogP contribution in [0.2, 0.25) is 5.02 Å². The third kappa shape index (κ3) is 3.45. The van der Waals surface area contributed by atoms with Crippen LogP contribution in [-0.2, 0) is 6.54 Å². The van der Waals surface area contributed by atoms with E-state index in [0.29, 0.717) is 35.8 Å². The highest BCUT2D eigenvalue weighted by molar-refractivity contribution is 6.30.